The Morgan fingerprint density at radius 3 is 2.76 bits per heavy atom. The molecule has 2 rings (SSSR count). The summed E-state index contributed by atoms with van der Waals surface area (Å²) in [6.07, 6.45) is 2.48. The number of nitrogens with zero attached hydrogens (tertiary/aromatic N) is 3. The van der Waals surface area contributed by atoms with Crippen LogP contribution >= 0.6 is 0 Å². The van der Waals surface area contributed by atoms with Gasteiger partial charge in [0, 0.05) is 18.3 Å². The number of nitriles is 1. The summed E-state index contributed by atoms with van der Waals surface area (Å²) in [7, 11) is 0. The van der Waals surface area contributed by atoms with Crippen molar-refractivity contribution in [2.75, 3.05) is 6.54 Å². The van der Waals surface area contributed by atoms with Gasteiger partial charge in [0.05, 0.1) is 23.7 Å². The first-order valence-corrected chi connectivity index (χ1v) is 5.84. The summed E-state index contributed by atoms with van der Waals surface area (Å²) in [6, 6.07) is 2.42. The maximum absolute atomic E-state index is 12.4. The highest BCUT2D eigenvalue weighted by molar-refractivity contribution is 5.96. The lowest BCUT2D eigenvalue weighted by atomic mass is 10.1. The molecule has 0 atom stereocenters. The number of hydrogen-bond acceptors (Lipinski definition) is 3. The third-order valence-electron chi connectivity index (χ3n) is 3.05. The third-order valence-corrected chi connectivity index (χ3v) is 3.05. The van der Waals surface area contributed by atoms with Crippen LogP contribution in [0.1, 0.15) is 41.0 Å². The van der Waals surface area contributed by atoms with E-state index in [0.29, 0.717) is 24.6 Å². The summed E-state index contributed by atoms with van der Waals surface area (Å²) in [5.74, 6) is 0.00602. The number of hydrogen-bond donors (Lipinski definition) is 1. The predicted molar refractivity (Wildman–Crippen MR) is 62.4 cm³/mol. The summed E-state index contributed by atoms with van der Waals surface area (Å²) in [5.41, 5.74) is 2.19. The van der Waals surface area contributed by atoms with Crippen LogP contribution in [0.4, 0.5) is 0 Å². The van der Waals surface area contributed by atoms with E-state index in [1.807, 2.05) is 18.7 Å². The van der Waals surface area contributed by atoms with Gasteiger partial charge in [-0.05, 0) is 26.7 Å². The van der Waals surface area contributed by atoms with Gasteiger partial charge >= 0.3 is 0 Å². The van der Waals surface area contributed by atoms with Gasteiger partial charge in [-0.25, -0.2) is 0 Å². The number of carbonyl (C=O) groups excluding carboxylic acids is 1. The van der Waals surface area contributed by atoms with E-state index in [0.717, 1.165) is 24.2 Å². The molecule has 0 bridgehead atoms. The molecule has 1 saturated carbocycles. The van der Waals surface area contributed by atoms with Crippen molar-refractivity contribution in [1.82, 2.24) is 15.1 Å². The molecule has 0 unspecified atom stereocenters. The molecule has 1 aromatic heterocycles. The molecule has 0 spiro atoms. The van der Waals surface area contributed by atoms with Gasteiger partial charge in [0.25, 0.3) is 5.91 Å². The highest BCUT2D eigenvalue weighted by atomic mass is 16.2. The average Bonchev–Trinajstić information content (AvgIpc) is 3.06. The van der Waals surface area contributed by atoms with Crippen molar-refractivity contribution in [3.8, 4) is 6.07 Å². The Bertz CT molecular complexity index is 448. The molecule has 5 heteroatoms. The van der Waals surface area contributed by atoms with Crippen molar-refractivity contribution < 1.29 is 4.79 Å². The number of carbonyl (C=O) groups is 1. The highest BCUT2D eigenvalue weighted by Crippen LogP contribution is 2.29. The average molecular weight is 232 g/mol. The fraction of sp³-hybridized carbons (Fsp3) is 0.583. The summed E-state index contributed by atoms with van der Waals surface area (Å²) in [5, 5.41) is 15.5. The van der Waals surface area contributed by atoms with Crippen LogP contribution in [0.25, 0.3) is 0 Å². The van der Waals surface area contributed by atoms with E-state index >= 15 is 0 Å². The maximum atomic E-state index is 12.4. The van der Waals surface area contributed by atoms with Gasteiger partial charge in [-0.2, -0.15) is 10.4 Å². The Morgan fingerprint density at radius 1 is 1.59 bits per heavy atom. The molecular weight excluding hydrogens is 216 g/mol. The minimum absolute atomic E-state index is 0.00602. The second-order valence-electron chi connectivity index (χ2n) is 4.45. The van der Waals surface area contributed by atoms with Crippen LogP contribution < -0.4 is 0 Å². The first kappa shape index (κ1) is 11.6. The Labute approximate surface area is 100 Å². The molecule has 90 valence electrons. The van der Waals surface area contributed by atoms with E-state index in [-0.39, 0.29) is 5.91 Å². The van der Waals surface area contributed by atoms with Gasteiger partial charge in [0.1, 0.15) is 0 Å². The fourth-order valence-electron chi connectivity index (χ4n) is 2.02. The van der Waals surface area contributed by atoms with Gasteiger partial charge in [0.2, 0.25) is 0 Å². The van der Waals surface area contributed by atoms with Crippen LogP contribution in [0.3, 0.4) is 0 Å². The van der Waals surface area contributed by atoms with E-state index < -0.39 is 0 Å². The van der Waals surface area contributed by atoms with Crippen molar-refractivity contribution in [2.24, 2.45) is 0 Å². The van der Waals surface area contributed by atoms with Gasteiger partial charge in [-0.15, -0.1) is 0 Å². The highest BCUT2D eigenvalue weighted by Gasteiger charge is 2.34. The number of aryl methyl sites for hydroxylation is 2. The topological polar surface area (TPSA) is 72.8 Å². The summed E-state index contributed by atoms with van der Waals surface area (Å²) >= 11 is 0. The number of nitrogens with one attached hydrogen (secondary N) is 1. The summed E-state index contributed by atoms with van der Waals surface area (Å²) < 4.78 is 0. The molecule has 17 heavy (non-hydrogen) atoms. The smallest absolute Gasteiger partial charge is 0.257 e. The van der Waals surface area contributed by atoms with Gasteiger partial charge in [-0.1, -0.05) is 0 Å². The van der Waals surface area contributed by atoms with Crippen LogP contribution in [0.15, 0.2) is 0 Å². The lowest BCUT2D eigenvalue weighted by molar-refractivity contribution is 0.0745. The molecule has 0 radical (unpaired) electrons. The van der Waals surface area contributed by atoms with E-state index in [1.54, 1.807) is 0 Å². The number of aromatic amines is 1. The molecule has 1 aromatic rings. The van der Waals surface area contributed by atoms with E-state index in [4.69, 9.17) is 5.26 Å². The molecule has 1 N–H and O–H groups in total. The van der Waals surface area contributed by atoms with Crippen molar-refractivity contribution in [3.05, 3.63) is 17.0 Å². The zero-order valence-corrected chi connectivity index (χ0v) is 10.2. The minimum atomic E-state index is 0.00602. The van der Waals surface area contributed by atoms with Crippen molar-refractivity contribution in [2.45, 2.75) is 39.2 Å². The normalized spacial score (nSPS) is 14.4. The quantitative estimate of drug-likeness (QED) is 0.855. The van der Waals surface area contributed by atoms with E-state index in [1.165, 1.54) is 0 Å². The van der Waals surface area contributed by atoms with Crippen LogP contribution in [0.5, 0.6) is 0 Å². The number of aromatic nitrogens is 2. The maximum Gasteiger partial charge on any atom is 0.257 e. The van der Waals surface area contributed by atoms with E-state index in [9.17, 15) is 4.79 Å². The Kier molecular flexibility index (Phi) is 3.14. The molecule has 0 aromatic carbocycles. The Balaban J connectivity index is 2.19. The molecule has 1 heterocycles. The zero-order valence-electron chi connectivity index (χ0n) is 10.2. The second-order valence-corrected chi connectivity index (χ2v) is 4.45. The monoisotopic (exact) mass is 232 g/mol. The van der Waals surface area contributed by atoms with Crippen molar-refractivity contribution in [1.29, 1.82) is 5.26 Å². The van der Waals surface area contributed by atoms with Gasteiger partial charge in [-0.3, -0.25) is 9.89 Å². The van der Waals surface area contributed by atoms with Gasteiger partial charge in [0.15, 0.2) is 0 Å². The molecule has 0 saturated heterocycles. The molecule has 0 aliphatic heterocycles. The predicted octanol–water partition coefficient (Wildman–Crippen LogP) is 1.54. The molecule has 5 nitrogen and oxygen atoms in total. The Morgan fingerprint density at radius 2 is 2.29 bits per heavy atom. The minimum Gasteiger partial charge on any atom is -0.335 e. The fourth-order valence-corrected chi connectivity index (χ4v) is 2.02. The van der Waals surface area contributed by atoms with Gasteiger partial charge < -0.3 is 4.90 Å². The van der Waals surface area contributed by atoms with E-state index in [2.05, 4.69) is 16.3 Å². The molecular formula is C12H16N4O. The molecule has 1 aliphatic carbocycles. The number of rotatable bonds is 4. The first-order valence-electron chi connectivity index (χ1n) is 5.84. The standard InChI is InChI=1S/C12H16N4O/c1-8-11(9(2)15-14-8)12(17)16(7-3-6-13)10-4-5-10/h10H,3-5,7H2,1-2H3,(H,14,15). The van der Waals surface area contributed by atoms with Crippen LogP contribution in [0, 0.1) is 25.2 Å². The Hall–Kier alpha value is -1.83. The van der Waals surface area contributed by atoms with Crippen LogP contribution in [-0.4, -0.2) is 33.6 Å². The molecule has 1 amide bonds. The number of H-pyrrole nitrogens is 1. The van der Waals surface area contributed by atoms with Crippen molar-refractivity contribution in [3.63, 3.8) is 0 Å². The SMILES string of the molecule is Cc1n[nH]c(C)c1C(=O)N(CCC#N)C1CC1. The zero-order chi connectivity index (χ0) is 12.4. The lowest BCUT2D eigenvalue weighted by Crippen LogP contribution is -2.34. The summed E-state index contributed by atoms with van der Waals surface area (Å²) in [4.78, 5) is 14.2. The largest absolute Gasteiger partial charge is 0.335 e. The second kappa shape index (κ2) is 4.58. The number of amides is 1. The van der Waals surface area contributed by atoms with Crippen LogP contribution in [0.2, 0.25) is 0 Å². The van der Waals surface area contributed by atoms with Crippen LogP contribution in [-0.2, 0) is 0 Å². The third kappa shape index (κ3) is 2.31. The lowest BCUT2D eigenvalue weighted by Gasteiger charge is -2.21. The van der Waals surface area contributed by atoms with Crippen molar-refractivity contribution >= 4 is 5.91 Å². The molecule has 1 fully saturated rings. The first-order chi connectivity index (χ1) is 8.15. The summed E-state index contributed by atoms with van der Waals surface area (Å²) in [6.45, 7) is 4.19. The molecule has 1 aliphatic rings.